The highest BCUT2D eigenvalue weighted by molar-refractivity contribution is 8.46. The molecule has 34 valence electrons. The molecule has 0 aromatic heterocycles. The van der Waals surface area contributed by atoms with Gasteiger partial charge in [-0.15, -0.1) is 12.2 Å². The van der Waals surface area contributed by atoms with E-state index < -0.39 is 0 Å². The highest BCUT2D eigenvalue weighted by atomic mass is 32.7. The number of hydrogen-bond acceptors (Lipinski definition) is 1. The van der Waals surface area contributed by atoms with Gasteiger partial charge in [0.2, 0.25) is 0 Å². The Kier molecular flexibility index (Phi) is 1.55. The summed E-state index contributed by atoms with van der Waals surface area (Å²) in [6, 6.07) is 0. The topological polar surface area (TPSA) is 0 Å². The lowest BCUT2D eigenvalue weighted by atomic mass is 10.5. The molecule has 1 aliphatic rings. The van der Waals surface area contributed by atoms with Crippen LogP contribution < -0.4 is 0 Å². The predicted octanol–water partition coefficient (Wildman–Crippen LogP) is 2.23. The summed E-state index contributed by atoms with van der Waals surface area (Å²) >= 11 is 4.27. The standard InChI is InChI=1S/C4H7PS/c6-5-3-1-2-4-5/h1,3,6H,2,4H2. The van der Waals surface area contributed by atoms with Gasteiger partial charge in [-0.05, 0) is 19.7 Å². The molecule has 1 heterocycles. The Morgan fingerprint density at radius 3 is 2.67 bits per heavy atom. The maximum absolute atomic E-state index is 4.27. The van der Waals surface area contributed by atoms with Crippen LogP contribution in [0.3, 0.4) is 0 Å². The summed E-state index contributed by atoms with van der Waals surface area (Å²) in [5, 5.41) is 0. The summed E-state index contributed by atoms with van der Waals surface area (Å²) in [5.41, 5.74) is 0. The van der Waals surface area contributed by atoms with Crippen molar-refractivity contribution in [3.8, 4) is 0 Å². The molecule has 2 heteroatoms. The van der Waals surface area contributed by atoms with Crippen molar-refractivity contribution in [3.05, 3.63) is 11.9 Å². The highest BCUT2D eigenvalue weighted by Crippen LogP contribution is 2.46. The summed E-state index contributed by atoms with van der Waals surface area (Å²) < 4.78 is 0. The Hall–Kier alpha value is 0.520. The number of rotatable bonds is 0. The zero-order valence-corrected chi connectivity index (χ0v) is 5.25. The predicted molar refractivity (Wildman–Crippen MR) is 34.5 cm³/mol. The first-order valence-corrected chi connectivity index (χ1v) is 4.76. The summed E-state index contributed by atoms with van der Waals surface area (Å²) in [5.74, 6) is 2.21. The molecular weight excluding hydrogens is 111 g/mol. The van der Waals surface area contributed by atoms with Gasteiger partial charge in [0.15, 0.2) is 0 Å². The second-order valence-corrected chi connectivity index (χ2v) is 4.50. The molecule has 1 rings (SSSR count). The smallest absolute Gasteiger partial charge is 0.0166 e. The SMILES string of the molecule is SP1C=CCC1. The summed E-state index contributed by atoms with van der Waals surface area (Å²) in [4.78, 5) is 0. The molecule has 0 bridgehead atoms. The first kappa shape index (κ1) is 4.67. The summed E-state index contributed by atoms with van der Waals surface area (Å²) in [6.07, 6.45) is 4.77. The van der Waals surface area contributed by atoms with Crippen molar-refractivity contribution < 1.29 is 0 Å². The van der Waals surface area contributed by atoms with Gasteiger partial charge in [0, 0.05) is 0 Å². The quantitative estimate of drug-likeness (QED) is 0.366. The van der Waals surface area contributed by atoms with Crippen molar-refractivity contribution in [1.82, 2.24) is 0 Å². The molecule has 0 aromatic rings. The van der Waals surface area contributed by atoms with Crippen LogP contribution in [0.4, 0.5) is 0 Å². The van der Waals surface area contributed by atoms with Crippen molar-refractivity contribution in [2.45, 2.75) is 6.42 Å². The van der Waals surface area contributed by atoms with Crippen LogP contribution in [0.25, 0.3) is 0 Å². The largest absolute Gasteiger partial charge is 0.147 e. The molecule has 1 aliphatic heterocycles. The molecule has 1 atom stereocenters. The van der Waals surface area contributed by atoms with Gasteiger partial charge in [0.1, 0.15) is 0 Å². The van der Waals surface area contributed by atoms with Crippen molar-refractivity contribution in [2.24, 2.45) is 0 Å². The average Bonchev–Trinajstić information content (AvgIpc) is 1.86. The number of hydrogen-bond donors (Lipinski definition) is 1. The average molecular weight is 118 g/mol. The van der Waals surface area contributed by atoms with E-state index in [0.29, 0.717) is 0 Å². The lowest BCUT2D eigenvalue weighted by Crippen LogP contribution is -1.59. The van der Waals surface area contributed by atoms with Gasteiger partial charge in [-0.1, -0.05) is 11.9 Å². The van der Waals surface area contributed by atoms with E-state index >= 15 is 0 Å². The van der Waals surface area contributed by atoms with Crippen LogP contribution in [-0.4, -0.2) is 6.16 Å². The minimum Gasteiger partial charge on any atom is -0.147 e. The Morgan fingerprint density at radius 1 is 1.67 bits per heavy atom. The van der Waals surface area contributed by atoms with Crippen LogP contribution in [0.5, 0.6) is 0 Å². The maximum Gasteiger partial charge on any atom is -0.0166 e. The van der Waals surface area contributed by atoms with E-state index in [-0.39, 0.29) is 7.12 Å². The van der Waals surface area contributed by atoms with Gasteiger partial charge >= 0.3 is 0 Å². The summed E-state index contributed by atoms with van der Waals surface area (Å²) in [6.45, 7) is 0. The third-order valence-electron chi connectivity index (χ3n) is 0.802. The first-order chi connectivity index (χ1) is 2.89. The van der Waals surface area contributed by atoms with Crippen LogP contribution >= 0.6 is 19.4 Å². The molecule has 0 aliphatic carbocycles. The third kappa shape index (κ3) is 0.990. The lowest BCUT2D eigenvalue weighted by Gasteiger charge is -1.89. The Morgan fingerprint density at radius 2 is 2.50 bits per heavy atom. The van der Waals surface area contributed by atoms with Gasteiger partial charge in [-0.25, -0.2) is 0 Å². The molecule has 0 nitrogen and oxygen atoms in total. The molecule has 1 unspecified atom stereocenters. The summed E-state index contributed by atoms with van der Waals surface area (Å²) in [7, 11) is 0.0489. The number of thiol groups is 1. The van der Waals surface area contributed by atoms with Crippen LogP contribution in [0.1, 0.15) is 6.42 Å². The van der Waals surface area contributed by atoms with E-state index in [0.717, 1.165) is 0 Å². The molecular formula is C4H7PS. The molecule has 0 saturated carbocycles. The molecule has 0 spiro atoms. The molecule has 0 N–H and O–H groups in total. The Balaban J connectivity index is 2.38. The Labute approximate surface area is 44.5 Å². The zero-order valence-electron chi connectivity index (χ0n) is 3.46. The second kappa shape index (κ2) is 1.99. The van der Waals surface area contributed by atoms with Gasteiger partial charge in [0.05, 0.1) is 0 Å². The fourth-order valence-corrected chi connectivity index (χ4v) is 2.06. The Bertz CT molecular complexity index is 69.9. The van der Waals surface area contributed by atoms with E-state index in [4.69, 9.17) is 0 Å². The monoisotopic (exact) mass is 118 g/mol. The minimum atomic E-state index is 0.0489. The van der Waals surface area contributed by atoms with Crippen molar-refractivity contribution in [3.63, 3.8) is 0 Å². The van der Waals surface area contributed by atoms with Crippen LogP contribution in [0.15, 0.2) is 11.9 Å². The zero-order chi connectivity index (χ0) is 4.41. The first-order valence-electron chi connectivity index (χ1n) is 2.02. The fraction of sp³-hybridized carbons (Fsp3) is 0.500. The van der Waals surface area contributed by atoms with Gasteiger partial charge in [-0.3, -0.25) is 0 Å². The van der Waals surface area contributed by atoms with Crippen molar-refractivity contribution in [2.75, 3.05) is 6.16 Å². The fourth-order valence-electron chi connectivity index (χ4n) is 0.478. The third-order valence-corrected chi connectivity index (χ3v) is 3.07. The lowest BCUT2D eigenvalue weighted by molar-refractivity contribution is 1.27. The normalized spacial score (nSPS) is 31.8. The van der Waals surface area contributed by atoms with Gasteiger partial charge in [-0.2, -0.15) is 0 Å². The van der Waals surface area contributed by atoms with Crippen molar-refractivity contribution in [1.29, 1.82) is 0 Å². The van der Waals surface area contributed by atoms with Crippen molar-refractivity contribution >= 4 is 19.4 Å². The molecule has 0 amide bonds. The molecule has 0 radical (unpaired) electrons. The van der Waals surface area contributed by atoms with Crippen LogP contribution in [0, 0.1) is 0 Å². The molecule has 0 fully saturated rings. The van der Waals surface area contributed by atoms with Gasteiger partial charge in [0.25, 0.3) is 0 Å². The molecule has 6 heavy (non-hydrogen) atoms. The molecule has 0 aromatic carbocycles. The maximum atomic E-state index is 4.27. The van der Waals surface area contributed by atoms with E-state index in [9.17, 15) is 0 Å². The highest BCUT2D eigenvalue weighted by Gasteiger charge is 1.99. The van der Waals surface area contributed by atoms with E-state index in [1.165, 1.54) is 12.6 Å². The minimum absolute atomic E-state index is 0.0489. The van der Waals surface area contributed by atoms with E-state index in [2.05, 4.69) is 24.1 Å². The second-order valence-electron chi connectivity index (χ2n) is 1.34. The van der Waals surface area contributed by atoms with E-state index in [1.807, 2.05) is 0 Å². The number of allylic oxidation sites excluding steroid dienone is 1. The van der Waals surface area contributed by atoms with Crippen LogP contribution in [0.2, 0.25) is 0 Å². The van der Waals surface area contributed by atoms with E-state index in [1.54, 1.807) is 0 Å². The molecule has 0 saturated heterocycles. The van der Waals surface area contributed by atoms with Crippen LogP contribution in [-0.2, 0) is 0 Å². The van der Waals surface area contributed by atoms with Gasteiger partial charge < -0.3 is 0 Å².